The topological polar surface area (TPSA) is 26.3 Å². The molecule has 0 aliphatic rings. The van der Waals surface area contributed by atoms with Crippen molar-refractivity contribution in [2.75, 3.05) is 6.61 Å². The van der Waals surface area contributed by atoms with Crippen molar-refractivity contribution in [3.8, 4) is 0 Å². The van der Waals surface area contributed by atoms with Gasteiger partial charge in [-0.25, -0.2) is 0 Å². The zero-order chi connectivity index (χ0) is 4.83. The largest absolute Gasteiger partial charge is 0.650 e. The van der Waals surface area contributed by atoms with Crippen LogP contribution < -0.4 is 0 Å². The molecule has 0 aliphatic carbocycles. The molecule has 0 amide bonds. The summed E-state index contributed by atoms with van der Waals surface area (Å²) >= 11 is 0. The Morgan fingerprint density at radius 2 is 2.43 bits per heavy atom. The van der Waals surface area contributed by atoms with Crippen LogP contribution in [0.5, 0.6) is 0 Å². The second kappa shape index (κ2) is 9.31. The van der Waals surface area contributed by atoms with E-state index in [0.29, 0.717) is 0 Å². The molecule has 44 valence electrons. The van der Waals surface area contributed by atoms with Gasteiger partial charge in [0.05, 0.1) is 6.61 Å². The normalized spacial score (nSPS) is 5.71. The van der Waals surface area contributed by atoms with Gasteiger partial charge in [0.15, 0.2) is 0 Å². The summed E-state index contributed by atoms with van der Waals surface area (Å²) in [4.78, 5) is 9.17. The molecule has 0 aliphatic heterocycles. The Labute approximate surface area is 56.8 Å². The maximum Gasteiger partial charge on any atom is 0.0671 e. The monoisotopic (exact) mass is 280 g/mol. The summed E-state index contributed by atoms with van der Waals surface area (Å²) in [5.74, 6) is 0. The van der Waals surface area contributed by atoms with Crippen molar-refractivity contribution in [2.24, 2.45) is 0 Å². The van der Waals surface area contributed by atoms with E-state index in [4.69, 9.17) is 4.79 Å². The number of ether oxygens (including phenoxy) is 1. The van der Waals surface area contributed by atoms with E-state index in [1.165, 1.54) is 12.5 Å². The van der Waals surface area contributed by atoms with Crippen LogP contribution in [0.2, 0.25) is 0 Å². The van der Waals surface area contributed by atoms with Crippen molar-refractivity contribution in [1.82, 2.24) is 0 Å². The molecule has 0 fully saturated rings. The van der Waals surface area contributed by atoms with Gasteiger partial charge in [-0.05, 0) is 0 Å². The second-order valence-corrected chi connectivity index (χ2v) is 0.683. The van der Waals surface area contributed by atoms with E-state index in [-0.39, 0.29) is 27.7 Å². The molecule has 2 nitrogen and oxygen atoms in total. The van der Waals surface area contributed by atoms with Gasteiger partial charge in [0, 0.05) is 21.1 Å². The summed E-state index contributed by atoms with van der Waals surface area (Å²) in [6, 6.07) is 0. The summed E-state index contributed by atoms with van der Waals surface area (Å²) < 4.78 is 4.06. The van der Waals surface area contributed by atoms with E-state index in [0.717, 1.165) is 0 Å². The van der Waals surface area contributed by atoms with Gasteiger partial charge in [-0.3, -0.25) is 0 Å². The van der Waals surface area contributed by atoms with Crippen molar-refractivity contribution >= 4 is 6.47 Å². The van der Waals surface area contributed by atoms with Gasteiger partial charge in [-0.2, -0.15) is 0 Å². The van der Waals surface area contributed by atoms with E-state index < -0.39 is 0 Å². The average molecular weight is 280 g/mol. The van der Waals surface area contributed by atoms with E-state index in [9.17, 15) is 0 Å². The number of rotatable bonds is 3. The smallest absolute Gasteiger partial charge is 0.0671 e. The average Bonchev–Trinajstić information content (AvgIpc) is 1.61. The van der Waals surface area contributed by atoms with E-state index in [1.54, 1.807) is 0 Å². The molecule has 3 heteroatoms. The Hall–Kier alpha value is -0.102. The van der Waals surface area contributed by atoms with Gasteiger partial charge in [0.2, 0.25) is 0 Å². The van der Waals surface area contributed by atoms with E-state index in [1.807, 2.05) is 0 Å². The molecule has 0 saturated carbocycles. The van der Waals surface area contributed by atoms with Crippen LogP contribution in [0.1, 0.15) is 0 Å². The SMILES string of the molecule is C=CCO[C-]=O.[Pt]. The summed E-state index contributed by atoms with van der Waals surface area (Å²) in [7, 11) is 0. The molecular formula is C4H5O2Pt-. The maximum absolute atomic E-state index is 9.17. The van der Waals surface area contributed by atoms with Crippen molar-refractivity contribution in [1.29, 1.82) is 0 Å². The molecule has 0 aromatic rings. The molecule has 0 aromatic heterocycles. The van der Waals surface area contributed by atoms with Gasteiger partial charge in [-0.15, -0.1) is 0 Å². The zero-order valence-corrected chi connectivity index (χ0v) is 5.90. The fourth-order valence-electron chi connectivity index (χ4n) is 0.0929. The molecule has 0 rings (SSSR count). The fraction of sp³-hybridized carbons (Fsp3) is 0.250. The minimum Gasteiger partial charge on any atom is -0.650 e. The molecule has 0 N–H and O–H groups in total. The standard InChI is InChI=1S/C4H5O2.Pt/c1-2-3-6-4-5;/h2H,1,3H2;/q-1;. The zero-order valence-electron chi connectivity index (χ0n) is 3.62. The van der Waals surface area contributed by atoms with Crippen LogP contribution in [0.4, 0.5) is 0 Å². The first-order valence-electron chi connectivity index (χ1n) is 1.51. The Bertz CT molecular complexity index is 45.7. The summed E-state index contributed by atoms with van der Waals surface area (Å²) in [5, 5.41) is 0. The predicted molar refractivity (Wildman–Crippen MR) is 21.8 cm³/mol. The molecule has 0 atom stereocenters. The quantitative estimate of drug-likeness (QED) is 0.421. The van der Waals surface area contributed by atoms with Crippen molar-refractivity contribution in [2.45, 2.75) is 0 Å². The van der Waals surface area contributed by atoms with Gasteiger partial charge < -0.3 is 9.53 Å². The van der Waals surface area contributed by atoms with Crippen LogP contribution in [0.15, 0.2) is 12.7 Å². The second-order valence-electron chi connectivity index (χ2n) is 0.683. The first-order chi connectivity index (χ1) is 2.91. The molecule has 0 radical (unpaired) electrons. The van der Waals surface area contributed by atoms with Crippen LogP contribution in [-0.2, 0) is 30.6 Å². The van der Waals surface area contributed by atoms with Crippen LogP contribution in [0.25, 0.3) is 0 Å². The summed E-state index contributed by atoms with van der Waals surface area (Å²) in [5.41, 5.74) is 0. The Morgan fingerprint density at radius 3 is 2.57 bits per heavy atom. The van der Waals surface area contributed by atoms with Crippen molar-refractivity contribution in [3.63, 3.8) is 0 Å². The summed E-state index contributed by atoms with van der Waals surface area (Å²) in [6.45, 7) is 4.80. The minimum absolute atomic E-state index is 0. The van der Waals surface area contributed by atoms with Gasteiger partial charge in [0.1, 0.15) is 0 Å². The molecule has 7 heavy (non-hydrogen) atoms. The van der Waals surface area contributed by atoms with Crippen LogP contribution in [0.3, 0.4) is 0 Å². The maximum atomic E-state index is 9.17. The third-order valence-corrected chi connectivity index (χ3v) is 0.260. The molecule has 0 unspecified atom stereocenters. The van der Waals surface area contributed by atoms with Gasteiger partial charge >= 0.3 is 0 Å². The van der Waals surface area contributed by atoms with Crippen LogP contribution >= 0.6 is 0 Å². The van der Waals surface area contributed by atoms with Crippen LogP contribution in [-0.4, -0.2) is 13.1 Å². The molecular weight excluding hydrogens is 275 g/mol. The number of hydrogen-bond donors (Lipinski definition) is 0. The van der Waals surface area contributed by atoms with Crippen molar-refractivity contribution in [3.05, 3.63) is 12.7 Å². The molecule has 0 saturated heterocycles. The fourth-order valence-corrected chi connectivity index (χ4v) is 0.0929. The van der Waals surface area contributed by atoms with Gasteiger partial charge in [-0.1, -0.05) is 19.1 Å². The Balaban J connectivity index is 0. The third-order valence-electron chi connectivity index (χ3n) is 0.260. The molecule has 0 bridgehead atoms. The first-order valence-corrected chi connectivity index (χ1v) is 1.51. The number of hydrogen-bond acceptors (Lipinski definition) is 2. The predicted octanol–water partition coefficient (Wildman–Crippen LogP) is 0.254. The molecule has 0 spiro atoms. The number of carbonyl (C=O) groups excluding carboxylic acids is 1. The molecule has 0 heterocycles. The van der Waals surface area contributed by atoms with E-state index in [2.05, 4.69) is 11.3 Å². The Morgan fingerprint density at radius 1 is 1.86 bits per heavy atom. The van der Waals surface area contributed by atoms with Crippen LogP contribution in [0, 0.1) is 0 Å². The van der Waals surface area contributed by atoms with Crippen molar-refractivity contribution < 1.29 is 30.6 Å². The summed E-state index contributed by atoms with van der Waals surface area (Å²) in [6.07, 6.45) is 1.48. The minimum atomic E-state index is 0. The third kappa shape index (κ3) is 10.7. The van der Waals surface area contributed by atoms with Gasteiger partial charge in [0.25, 0.3) is 0 Å². The van der Waals surface area contributed by atoms with E-state index >= 15 is 0 Å². The molecule has 0 aromatic carbocycles. The first kappa shape index (κ1) is 10.0. The Kier molecular flexibility index (Phi) is 13.3.